The molecule has 0 atom stereocenters. The van der Waals surface area contributed by atoms with Crippen LogP contribution in [0.2, 0.25) is 0 Å². The molecule has 0 aliphatic carbocycles. The molecule has 0 aromatic carbocycles. The molecular weight excluding hydrogens is 344 g/mol. The van der Waals surface area contributed by atoms with Crippen LogP contribution >= 0.6 is 15.9 Å². The van der Waals surface area contributed by atoms with Gasteiger partial charge in [0.05, 0.1) is 11.9 Å². The van der Waals surface area contributed by atoms with Crippen LogP contribution in [-0.2, 0) is 10.0 Å². The maximum absolute atomic E-state index is 11.4. The summed E-state index contributed by atoms with van der Waals surface area (Å²) < 4.78 is 26.1. The van der Waals surface area contributed by atoms with E-state index >= 15 is 0 Å². The number of sulfonamides is 1. The predicted octanol–water partition coefficient (Wildman–Crippen LogP) is 1.40. The Morgan fingerprint density at radius 1 is 1.45 bits per heavy atom. The van der Waals surface area contributed by atoms with Gasteiger partial charge in [-0.05, 0) is 22.0 Å². The number of nitrogens with zero attached hydrogens (tertiary/aromatic N) is 2. The van der Waals surface area contributed by atoms with E-state index in [0.29, 0.717) is 23.6 Å². The first kappa shape index (κ1) is 15.5. The molecule has 0 unspecified atom stereocenters. The van der Waals surface area contributed by atoms with Crippen LogP contribution in [0.4, 0.5) is 11.5 Å². The van der Waals surface area contributed by atoms with Crippen molar-refractivity contribution in [3.8, 4) is 0 Å². The van der Waals surface area contributed by atoms with Gasteiger partial charge in [-0.3, -0.25) is 4.72 Å². The van der Waals surface area contributed by atoms with Crippen LogP contribution < -0.4 is 14.9 Å². The monoisotopic (exact) mass is 362 g/mol. The largest absolute Gasteiger partial charge is 0.352 e. The van der Waals surface area contributed by atoms with Crippen LogP contribution in [-0.4, -0.2) is 44.8 Å². The molecule has 0 spiro atoms. The van der Waals surface area contributed by atoms with Gasteiger partial charge in [-0.2, -0.15) is 0 Å². The zero-order chi connectivity index (χ0) is 14.9. The minimum Gasteiger partial charge on any atom is -0.352 e. The van der Waals surface area contributed by atoms with Gasteiger partial charge in [0.1, 0.15) is 0 Å². The molecule has 0 bridgehead atoms. The molecule has 20 heavy (non-hydrogen) atoms. The normalized spacial score (nSPS) is 16.4. The van der Waals surface area contributed by atoms with Crippen molar-refractivity contribution >= 4 is 37.5 Å². The number of pyridine rings is 1. The SMILES string of the molecule is CC(C)NC1CN(c2ncc(Br)cc2NS(C)(=O)=O)C1. The molecule has 1 aromatic heterocycles. The van der Waals surface area contributed by atoms with Gasteiger partial charge in [0.2, 0.25) is 10.0 Å². The predicted molar refractivity (Wildman–Crippen MR) is 84.7 cm³/mol. The Labute approximate surface area is 128 Å². The van der Waals surface area contributed by atoms with Gasteiger partial charge in [0.15, 0.2) is 5.82 Å². The van der Waals surface area contributed by atoms with E-state index in [-0.39, 0.29) is 0 Å². The molecule has 2 heterocycles. The molecule has 0 saturated carbocycles. The first-order valence-electron chi connectivity index (χ1n) is 6.39. The fourth-order valence-electron chi connectivity index (χ4n) is 2.19. The van der Waals surface area contributed by atoms with Gasteiger partial charge in [-0.25, -0.2) is 13.4 Å². The average Bonchev–Trinajstić information content (AvgIpc) is 2.21. The molecule has 1 fully saturated rings. The highest BCUT2D eigenvalue weighted by Gasteiger charge is 2.30. The van der Waals surface area contributed by atoms with E-state index in [1.807, 2.05) is 0 Å². The molecule has 1 aliphatic heterocycles. The lowest BCUT2D eigenvalue weighted by molar-refractivity contribution is 0.387. The van der Waals surface area contributed by atoms with Gasteiger partial charge in [-0.15, -0.1) is 0 Å². The molecule has 1 saturated heterocycles. The molecule has 6 nitrogen and oxygen atoms in total. The third-order valence-corrected chi connectivity index (χ3v) is 3.90. The van der Waals surface area contributed by atoms with Crippen molar-refractivity contribution in [3.63, 3.8) is 0 Å². The van der Waals surface area contributed by atoms with Gasteiger partial charge >= 0.3 is 0 Å². The fraction of sp³-hybridized carbons (Fsp3) is 0.583. The van der Waals surface area contributed by atoms with Crippen molar-refractivity contribution in [1.29, 1.82) is 0 Å². The first-order valence-corrected chi connectivity index (χ1v) is 9.07. The number of hydrogen-bond acceptors (Lipinski definition) is 5. The van der Waals surface area contributed by atoms with Crippen LogP contribution in [0.5, 0.6) is 0 Å². The van der Waals surface area contributed by atoms with Crippen molar-refractivity contribution < 1.29 is 8.42 Å². The first-order chi connectivity index (χ1) is 9.24. The minimum absolute atomic E-state index is 0.423. The van der Waals surface area contributed by atoms with Crippen molar-refractivity contribution in [2.24, 2.45) is 0 Å². The van der Waals surface area contributed by atoms with Crippen LogP contribution in [0.15, 0.2) is 16.7 Å². The van der Waals surface area contributed by atoms with E-state index in [1.165, 1.54) is 0 Å². The summed E-state index contributed by atoms with van der Waals surface area (Å²) in [6, 6.07) is 2.59. The summed E-state index contributed by atoms with van der Waals surface area (Å²) in [6.07, 6.45) is 2.81. The molecule has 1 aromatic rings. The lowest BCUT2D eigenvalue weighted by Crippen LogP contribution is -2.60. The number of nitrogens with one attached hydrogen (secondary N) is 2. The van der Waals surface area contributed by atoms with Crippen LogP contribution in [0.25, 0.3) is 0 Å². The van der Waals surface area contributed by atoms with Crippen LogP contribution in [0, 0.1) is 0 Å². The lowest BCUT2D eigenvalue weighted by Gasteiger charge is -2.42. The standard InChI is InChI=1S/C12H19BrN4O2S/c1-8(2)15-10-6-17(7-10)12-11(16-20(3,18)19)4-9(13)5-14-12/h4-5,8,10,15-16H,6-7H2,1-3H3. The Balaban J connectivity index is 2.13. The lowest BCUT2D eigenvalue weighted by atomic mass is 10.1. The van der Waals surface area contributed by atoms with Crippen molar-refractivity contribution in [1.82, 2.24) is 10.3 Å². The van der Waals surface area contributed by atoms with E-state index in [0.717, 1.165) is 23.8 Å². The second-order valence-corrected chi connectivity index (χ2v) is 7.99. The van der Waals surface area contributed by atoms with Crippen LogP contribution in [0.3, 0.4) is 0 Å². The maximum Gasteiger partial charge on any atom is 0.229 e. The average molecular weight is 363 g/mol. The smallest absolute Gasteiger partial charge is 0.229 e. The Bertz CT molecular complexity index is 585. The van der Waals surface area contributed by atoms with Crippen molar-refractivity contribution in [2.75, 3.05) is 29.0 Å². The zero-order valence-electron chi connectivity index (χ0n) is 11.7. The van der Waals surface area contributed by atoms with Crippen molar-refractivity contribution in [2.45, 2.75) is 25.9 Å². The highest BCUT2D eigenvalue weighted by atomic mass is 79.9. The topological polar surface area (TPSA) is 74.3 Å². The molecular formula is C12H19BrN4O2S. The van der Waals surface area contributed by atoms with Gasteiger partial charge in [0, 0.05) is 35.8 Å². The Morgan fingerprint density at radius 2 is 2.10 bits per heavy atom. The minimum atomic E-state index is -3.32. The third-order valence-electron chi connectivity index (χ3n) is 2.88. The van der Waals surface area contributed by atoms with E-state index in [1.54, 1.807) is 12.3 Å². The summed E-state index contributed by atoms with van der Waals surface area (Å²) in [5.74, 6) is 0.667. The molecule has 0 radical (unpaired) electrons. The summed E-state index contributed by atoms with van der Waals surface area (Å²) >= 11 is 3.31. The molecule has 0 amide bonds. The molecule has 8 heteroatoms. The Morgan fingerprint density at radius 3 is 2.65 bits per heavy atom. The quantitative estimate of drug-likeness (QED) is 0.827. The summed E-state index contributed by atoms with van der Waals surface area (Å²) in [5, 5.41) is 3.44. The third kappa shape index (κ3) is 4.07. The number of hydrogen-bond donors (Lipinski definition) is 2. The van der Waals surface area contributed by atoms with Gasteiger partial charge < -0.3 is 10.2 Å². The molecule has 2 N–H and O–H groups in total. The number of halogens is 1. The highest BCUT2D eigenvalue weighted by Crippen LogP contribution is 2.30. The molecule has 1 aliphatic rings. The second kappa shape index (κ2) is 5.87. The second-order valence-electron chi connectivity index (χ2n) is 5.32. The number of aromatic nitrogens is 1. The summed E-state index contributed by atoms with van der Waals surface area (Å²) in [6.45, 7) is 5.87. The van der Waals surface area contributed by atoms with Crippen LogP contribution in [0.1, 0.15) is 13.8 Å². The summed E-state index contributed by atoms with van der Waals surface area (Å²) in [4.78, 5) is 6.38. The highest BCUT2D eigenvalue weighted by molar-refractivity contribution is 9.10. The zero-order valence-corrected chi connectivity index (χ0v) is 14.1. The van der Waals surface area contributed by atoms with Gasteiger partial charge in [0.25, 0.3) is 0 Å². The Kier molecular flexibility index (Phi) is 4.55. The van der Waals surface area contributed by atoms with E-state index in [4.69, 9.17) is 0 Å². The molecule has 2 rings (SSSR count). The van der Waals surface area contributed by atoms with E-state index in [9.17, 15) is 8.42 Å². The number of anilines is 2. The van der Waals surface area contributed by atoms with Gasteiger partial charge in [-0.1, -0.05) is 13.8 Å². The number of rotatable bonds is 5. The fourth-order valence-corrected chi connectivity index (χ4v) is 3.07. The maximum atomic E-state index is 11.4. The molecule has 112 valence electrons. The summed E-state index contributed by atoms with van der Waals surface area (Å²) in [5.41, 5.74) is 0.505. The van der Waals surface area contributed by atoms with Crippen molar-refractivity contribution in [3.05, 3.63) is 16.7 Å². The Hall–Kier alpha value is -0.860. The van der Waals surface area contributed by atoms with E-state index < -0.39 is 10.0 Å². The summed E-state index contributed by atoms with van der Waals surface area (Å²) in [7, 11) is -3.32. The van der Waals surface area contributed by atoms with E-state index in [2.05, 4.69) is 49.7 Å².